The number of anilines is 1. The van der Waals surface area contributed by atoms with E-state index in [1.807, 2.05) is 50.2 Å². The third-order valence-electron chi connectivity index (χ3n) is 4.67. The molecule has 6 heteroatoms. The fourth-order valence-electron chi connectivity index (χ4n) is 2.92. The topological polar surface area (TPSA) is 67.9 Å². The summed E-state index contributed by atoms with van der Waals surface area (Å²) in [5.74, 6) is 1.22. The lowest BCUT2D eigenvalue weighted by molar-refractivity contribution is -0.121. The van der Waals surface area contributed by atoms with Gasteiger partial charge in [0.15, 0.2) is 11.5 Å². The molecule has 1 N–H and O–H groups in total. The van der Waals surface area contributed by atoms with Crippen molar-refractivity contribution in [1.29, 1.82) is 0 Å². The summed E-state index contributed by atoms with van der Waals surface area (Å²) >= 11 is 0. The summed E-state index contributed by atoms with van der Waals surface area (Å²) in [4.78, 5) is 25.9. The van der Waals surface area contributed by atoms with Gasteiger partial charge in [-0.05, 0) is 54.8 Å². The number of ether oxygens (including phenoxy) is 2. The molecule has 0 unspecified atom stereocenters. The molecule has 0 aromatic heterocycles. The first-order valence-electron chi connectivity index (χ1n) is 8.94. The third kappa shape index (κ3) is 4.58. The number of nitrogens with one attached hydrogen (secondary N) is 1. The van der Waals surface area contributed by atoms with Gasteiger partial charge in [0, 0.05) is 32.1 Å². The average Bonchev–Trinajstić information content (AvgIpc) is 3.10. The Bertz CT molecular complexity index is 863. The largest absolute Gasteiger partial charge is 0.454 e. The molecule has 142 valence electrons. The quantitative estimate of drug-likeness (QED) is 0.851. The van der Waals surface area contributed by atoms with Gasteiger partial charge in [-0.3, -0.25) is 9.59 Å². The number of fused-ring (bicyclic) bond motifs is 1. The predicted molar refractivity (Wildman–Crippen MR) is 103 cm³/mol. The highest BCUT2D eigenvalue weighted by Crippen LogP contribution is 2.32. The molecule has 2 aromatic carbocycles. The van der Waals surface area contributed by atoms with Gasteiger partial charge in [0.2, 0.25) is 18.6 Å². The molecule has 1 heterocycles. The van der Waals surface area contributed by atoms with Crippen LogP contribution in [0.25, 0.3) is 0 Å². The van der Waals surface area contributed by atoms with E-state index in [9.17, 15) is 9.59 Å². The van der Waals surface area contributed by atoms with Crippen LogP contribution in [-0.4, -0.2) is 25.2 Å². The van der Waals surface area contributed by atoms with Gasteiger partial charge < -0.3 is 19.7 Å². The second kappa shape index (κ2) is 8.12. The van der Waals surface area contributed by atoms with Gasteiger partial charge in [0.25, 0.3) is 0 Å². The molecule has 0 fully saturated rings. The van der Waals surface area contributed by atoms with Crippen LogP contribution in [-0.2, 0) is 16.1 Å². The second-order valence-electron chi connectivity index (χ2n) is 6.65. The zero-order valence-electron chi connectivity index (χ0n) is 15.9. The second-order valence-corrected chi connectivity index (χ2v) is 6.65. The summed E-state index contributed by atoms with van der Waals surface area (Å²) in [6.07, 6.45) is 0.233. The lowest BCUT2D eigenvalue weighted by Gasteiger charge is -2.22. The maximum Gasteiger partial charge on any atom is 0.231 e. The van der Waals surface area contributed by atoms with E-state index < -0.39 is 0 Å². The van der Waals surface area contributed by atoms with Crippen molar-refractivity contribution in [3.8, 4) is 11.5 Å². The lowest BCUT2D eigenvalue weighted by atomic mass is 10.1. The first-order valence-corrected chi connectivity index (χ1v) is 8.94. The summed E-state index contributed by atoms with van der Waals surface area (Å²) in [6.45, 7) is 6.52. The molecular weight excluding hydrogens is 344 g/mol. The van der Waals surface area contributed by atoms with Gasteiger partial charge in [-0.15, -0.1) is 0 Å². The normalized spacial score (nSPS) is 12.0. The van der Waals surface area contributed by atoms with Crippen molar-refractivity contribution in [3.63, 3.8) is 0 Å². The Morgan fingerprint density at radius 3 is 2.56 bits per heavy atom. The number of carbonyl (C=O) groups is 2. The van der Waals surface area contributed by atoms with Crippen molar-refractivity contribution in [1.82, 2.24) is 5.32 Å². The molecular formula is C21H24N2O4. The zero-order chi connectivity index (χ0) is 19.4. The number of rotatable bonds is 6. The minimum Gasteiger partial charge on any atom is -0.454 e. The number of carbonyl (C=O) groups excluding carboxylic acids is 2. The molecule has 0 atom stereocenters. The van der Waals surface area contributed by atoms with E-state index in [1.165, 1.54) is 12.5 Å². The summed E-state index contributed by atoms with van der Waals surface area (Å²) in [5.41, 5.74) is 4.04. The van der Waals surface area contributed by atoms with Crippen LogP contribution in [0.5, 0.6) is 11.5 Å². The van der Waals surface area contributed by atoms with Crippen molar-refractivity contribution in [3.05, 3.63) is 53.1 Å². The third-order valence-corrected chi connectivity index (χ3v) is 4.67. The summed E-state index contributed by atoms with van der Waals surface area (Å²) in [5, 5.41) is 2.88. The molecule has 1 aliphatic rings. The molecule has 2 aromatic rings. The maximum atomic E-state index is 12.2. The standard InChI is InChI=1S/C21H24N2O4/c1-14-4-6-18(10-15(14)2)23(16(3)24)9-8-21(25)22-12-17-5-7-19-20(11-17)27-13-26-19/h4-7,10-11H,8-9,12-13H2,1-3H3,(H,22,25). The number of nitrogens with zero attached hydrogens (tertiary/aromatic N) is 1. The molecule has 0 spiro atoms. The van der Waals surface area contributed by atoms with E-state index in [4.69, 9.17) is 9.47 Å². The van der Waals surface area contributed by atoms with Crippen molar-refractivity contribution < 1.29 is 19.1 Å². The van der Waals surface area contributed by atoms with Gasteiger partial charge >= 0.3 is 0 Å². The minimum absolute atomic E-state index is 0.0816. The summed E-state index contributed by atoms with van der Waals surface area (Å²) < 4.78 is 10.6. The zero-order valence-corrected chi connectivity index (χ0v) is 15.9. The fourth-order valence-corrected chi connectivity index (χ4v) is 2.92. The molecule has 2 amide bonds. The van der Waals surface area contributed by atoms with E-state index in [-0.39, 0.29) is 25.0 Å². The Morgan fingerprint density at radius 1 is 1.04 bits per heavy atom. The SMILES string of the molecule is CC(=O)N(CCC(=O)NCc1ccc2c(c1)OCO2)c1ccc(C)c(C)c1. The van der Waals surface area contributed by atoms with Crippen molar-refractivity contribution >= 4 is 17.5 Å². The van der Waals surface area contributed by atoms with Gasteiger partial charge in [-0.25, -0.2) is 0 Å². The van der Waals surface area contributed by atoms with E-state index in [1.54, 1.807) is 4.90 Å². The van der Waals surface area contributed by atoms with Crippen LogP contribution in [0.1, 0.15) is 30.0 Å². The molecule has 27 heavy (non-hydrogen) atoms. The van der Waals surface area contributed by atoms with Gasteiger partial charge in [-0.1, -0.05) is 12.1 Å². The van der Waals surface area contributed by atoms with Crippen molar-refractivity contribution in [2.45, 2.75) is 33.7 Å². The van der Waals surface area contributed by atoms with Gasteiger partial charge in [0.1, 0.15) is 0 Å². The van der Waals surface area contributed by atoms with Crippen LogP contribution in [0.4, 0.5) is 5.69 Å². The van der Waals surface area contributed by atoms with Crippen LogP contribution in [0, 0.1) is 13.8 Å². The molecule has 1 aliphatic heterocycles. The number of aryl methyl sites for hydroxylation is 2. The number of benzene rings is 2. The lowest BCUT2D eigenvalue weighted by Crippen LogP contribution is -2.33. The van der Waals surface area contributed by atoms with Crippen LogP contribution in [0.15, 0.2) is 36.4 Å². The van der Waals surface area contributed by atoms with E-state index in [0.29, 0.717) is 18.8 Å². The molecule has 6 nitrogen and oxygen atoms in total. The average molecular weight is 368 g/mol. The van der Waals surface area contributed by atoms with Gasteiger partial charge in [0.05, 0.1) is 0 Å². The number of amides is 2. The Hall–Kier alpha value is -3.02. The van der Waals surface area contributed by atoms with Crippen LogP contribution in [0.3, 0.4) is 0 Å². The number of hydrogen-bond acceptors (Lipinski definition) is 4. The highest BCUT2D eigenvalue weighted by molar-refractivity contribution is 5.92. The first-order chi connectivity index (χ1) is 12.9. The van der Waals surface area contributed by atoms with Crippen molar-refractivity contribution in [2.75, 3.05) is 18.2 Å². The predicted octanol–water partition coefficient (Wildman–Crippen LogP) is 3.09. The van der Waals surface area contributed by atoms with Gasteiger partial charge in [-0.2, -0.15) is 0 Å². The van der Waals surface area contributed by atoms with E-state index in [0.717, 1.165) is 22.6 Å². The fraction of sp³-hybridized carbons (Fsp3) is 0.333. The van der Waals surface area contributed by atoms with E-state index >= 15 is 0 Å². The van der Waals surface area contributed by atoms with E-state index in [2.05, 4.69) is 5.32 Å². The highest BCUT2D eigenvalue weighted by Gasteiger charge is 2.15. The maximum absolute atomic E-state index is 12.2. The Morgan fingerprint density at radius 2 is 1.81 bits per heavy atom. The Balaban J connectivity index is 1.55. The summed E-state index contributed by atoms with van der Waals surface area (Å²) in [7, 11) is 0. The van der Waals surface area contributed by atoms with Crippen LogP contribution in [0.2, 0.25) is 0 Å². The minimum atomic E-state index is -0.109. The molecule has 0 aliphatic carbocycles. The molecule has 0 saturated carbocycles. The highest BCUT2D eigenvalue weighted by atomic mass is 16.7. The van der Waals surface area contributed by atoms with Crippen molar-refractivity contribution in [2.24, 2.45) is 0 Å². The first kappa shape index (κ1) is 18.8. The molecule has 3 rings (SSSR count). The summed E-state index contributed by atoms with van der Waals surface area (Å²) in [6, 6.07) is 11.5. The Labute approximate surface area is 159 Å². The Kier molecular flexibility index (Phi) is 5.64. The molecule has 0 bridgehead atoms. The monoisotopic (exact) mass is 368 g/mol. The smallest absolute Gasteiger partial charge is 0.231 e. The van der Waals surface area contributed by atoms with Crippen LogP contribution < -0.4 is 19.7 Å². The van der Waals surface area contributed by atoms with Crippen LogP contribution >= 0.6 is 0 Å². The molecule has 0 radical (unpaired) electrons. The molecule has 0 saturated heterocycles. The number of hydrogen-bond donors (Lipinski definition) is 1.